The van der Waals surface area contributed by atoms with Gasteiger partial charge in [0.15, 0.2) is 11.5 Å². The minimum absolute atomic E-state index is 0.0812. The first kappa shape index (κ1) is 18.3. The lowest BCUT2D eigenvalue weighted by molar-refractivity contribution is 0.0955. The summed E-state index contributed by atoms with van der Waals surface area (Å²) >= 11 is 5.80. The Kier molecular flexibility index (Phi) is 5.24. The predicted molar refractivity (Wildman–Crippen MR) is 98.5 cm³/mol. The summed E-state index contributed by atoms with van der Waals surface area (Å²) in [6, 6.07) is 11.3. The zero-order chi connectivity index (χ0) is 18.7. The highest BCUT2D eigenvalue weighted by molar-refractivity contribution is 7.92. The van der Waals surface area contributed by atoms with Gasteiger partial charge in [-0.2, -0.15) is 0 Å². The largest absolute Gasteiger partial charge is 0.454 e. The van der Waals surface area contributed by atoms with Crippen molar-refractivity contribution in [2.24, 2.45) is 0 Å². The molecule has 7 nitrogen and oxygen atoms in total. The second-order valence-electron chi connectivity index (χ2n) is 5.64. The van der Waals surface area contributed by atoms with E-state index < -0.39 is 10.0 Å². The molecule has 0 radical (unpaired) electrons. The molecule has 0 atom stereocenters. The van der Waals surface area contributed by atoms with E-state index in [4.69, 9.17) is 21.1 Å². The van der Waals surface area contributed by atoms with Gasteiger partial charge >= 0.3 is 0 Å². The van der Waals surface area contributed by atoms with E-state index in [0.717, 1.165) is 6.26 Å². The number of rotatable bonds is 6. The number of halogens is 1. The lowest BCUT2D eigenvalue weighted by Gasteiger charge is -2.22. The maximum atomic E-state index is 12.1. The Balaban J connectivity index is 1.68. The molecule has 0 saturated carbocycles. The Morgan fingerprint density at radius 3 is 2.54 bits per heavy atom. The highest BCUT2D eigenvalue weighted by Crippen LogP contribution is 2.35. The smallest absolute Gasteiger partial charge is 0.251 e. The zero-order valence-corrected chi connectivity index (χ0v) is 15.5. The maximum Gasteiger partial charge on any atom is 0.251 e. The van der Waals surface area contributed by atoms with Gasteiger partial charge in [-0.3, -0.25) is 9.10 Å². The van der Waals surface area contributed by atoms with Crippen LogP contribution in [0.25, 0.3) is 0 Å². The van der Waals surface area contributed by atoms with Crippen LogP contribution in [-0.4, -0.2) is 40.5 Å². The molecule has 0 aromatic heterocycles. The number of nitrogens with one attached hydrogen (secondary N) is 1. The minimum atomic E-state index is -3.54. The summed E-state index contributed by atoms with van der Waals surface area (Å²) in [4.78, 5) is 12.1. The van der Waals surface area contributed by atoms with Gasteiger partial charge < -0.3 is 14.8 Å². The molecule has 0 unspecified atom stereocenters. The molecule has 1 N–H and O–H groups in total. The zero-order valence-electron chi connectivity index (χ0n) is 13.9. The third kappa shape index (κ3) is 4.20. The molecule has 2 aromatic rings. The molecule has 1 heterocycles. The SMILES string of the molecule is CS(=O)(=O)N(CCNC(=O)c1ccc(Cl)cc1)c1ccc2c(c1)OCO2. The van der Waals surface area contributed by atoms with Crippen LogP contribution < -0.4 is 19.1 Å². The lowest BCUT2D eigenvalue weighted by atomic mass is 10.2. The predicted octanol–water partition coefficient (Wildman–Crippen LogP) is 2.26. The monoisotopic (exact) mass is 396 g/mol. The normalized spacial score (nSPS) is 12.7. The van der Waals surface area contributed by atoms with Crippen LogP contribution in [0.4, 0.5) is 5.69 Å². The van der Waals surface area contributed by atoms with Crippen molar-refractivity contribution < 1.29 is 22.7 Å². The number of ether oxygens (including phenoxy) is 2. The van der Waals surface area contributed by atoms with Gasteiger partial charge in [-0.05, 0) is 36.4 Å². The first-order chi connectivity index (χ1) is 12.3. The molecule has 26 heavy (non-hydrogen) atoms. The van der Waals surface area contributed by atoms with Crippen molar-refractivity contribution in [1.82, 2.24) is 5.32 Å². The van der Waals surface area contributed by atoms with E-state index >= 15 is 0 Å². The minimum Gasteiger partial charge on any atom is -0.454 e. The standard InChI is InChI=1S/C17H17ClN2O5S/c1-26(22,23)20(14-6-7-15-16(10-14)25-11-24-15)9-8-19-17(21)12-2-4-13(18)5-3-12/h2-7,10H,8-9,11H2,1H3,(H,19,21). The van der Waals surface area contributed by atoms with E-state index in [0.29, 0.717) is 27.8 Å². The molecule has 1 amide bonds. The van der Waals surface area contributed by atoms with Gasteiger partial charge in [-0.15, -0.1) is 0 Å². The van der Waals surface area contributed by atoms with Gasteiger partial charge in [0, 0.05) is 23.2 Å². The average Bonchev–Trinajstić information content (AvgIpc) is 3.05. The van der Waals surface area contributed by atoms with Gasteiger partial charge in [-0.1, -0.05) is 11.6 Å². The van der Waals surface area contributed by atoms with Crippen LogP contribution in [0.15, 0.2) is 42.5 Å². The summed E-state index contributed by atoms with van der Waals surface area (Å²) in [5, 5.41) is 3.23. The number of sulfonamides is 1. The number of amides is 1. The molecule has 0 saturated heterocycles. The third-order valence-electron chi connectivity index (χ3n) is 3.75. The number of benzene rings is 2. The quantitative estimate of drug-likeness (QED) is 0.809. The second-order valence-corrected chi connectivity index (χ2v) is 7.98. The fourth-order valence-electron chi connectivity index (χ4n) is 2.50. The van der Waals surface area contributed by atoms with Gasteiger partial charge in [0.25, 0.3) is 5.91 Å². The molecular weight excluding hydrogens is 380 g/mol. The molecule has 9 heteroatoms. The van der Waals surface area contributed by atoms with Gasteiger partial charge in [-0.25, -0.2) is 8.42 Å². The molecule has 0 bridgehead atoms. The Morgan fingerprint density at radius 2 is 1.85 bits per heavy atom. The Morgan fingerprint density at radius 1 is 1.15 bits per heavy atom. The van der Waals surface area contributed by atoms with Gasteiger partial charge in [0.2, 0.25) is 16.8 Å². The number of fused-ring (bicyclic) bond motifs is 1. The van der Waals surface area contributed by atoms with Crippen molar-refractivity contribution in [2.45, 2.75) is 0 Å². The van der Waals surface area contributed by atoms with E-state index in [1.165, 1.54) is 4.31 Å². The number of carbonyl (C=O) groups excluding carboxylic acids is 1. The van der Waals surface area contributed by atoms with Crippen molar-refractivity contribution in [3.63, 3.8) is 0 Å². The van der Waals surface area contributed by atoms with E-state index in [9.17, 15) is 13.2 Å². The molecule has 0 aliphatic carbocycles. The van der Waals surface area contributed by atoms with E-state index in [-0.39, 0.29) is 25.8 Å². The fraction of sp³-hybridized carbons (Fsp3) is 0.235. The van der Waals surface area contributed by atoms with Crippen molar-refractivity contribution in [2.75, 3.05) is 30.4 Å². The van der Waals surface area contributed by atoms with Crippen LogP contribution in [0.1, 0.15) is 10.4 Å². The number of carbonyl (C=O) groups is 1. The fourth-order valence-corrected chi connectivity index (χ4v) is 3.55. The molecule has 2 aromatic carbocycles. The number of nitrogens with zero attached hydrogens (tertiary/aromatic N) is 1. The molecule has 1 aliphatic rings. The van der Waals surface area contributed by atoms with E-state index in [2.05, 4.69) is 5.32 Å². The maximum absolute atomic E-state index is 12.1. The molecular formula is C17H17ClN2O5S. The second kappa shape index (κ2) is 7.43. The van der Waals surface area contributed by atoms with Gasteiger partial charge in [0.05, 0.1) is 18.5 Å². The van der Waals surface area contributed by atoms with Crippen LogP contribution in [0.2, 0.25) is 5.02 Å². The van der Waals surface area contributed by atoms with Crippen LogP contribution >= 0.6 is 11.6 Å². The van der Waals surface area contributed by atoms with E-state index in [1.807, 2.05) is 0 Å². The van der Waals surface area contributed by atoms with Crippen LogP contribution in [0.3, 0.4) is 0 Å². The van der Waals surface area contributed by atoms with E-state index in [1.54, 1.807) is 42.5 Å². The summed E-state index contributed by atoms with van der Waals surface area (Å²) in [5.74, 6) is 0.750. The summed E-state index contributed by atoms with van der Waals surface area (Å²) < 4.78 is 36.0. The summed E-state index contributed by atoms with van der Waals surface area (Å²) in [6.45, 7) is 0.329. The van der Waals surface area contributed by atoms with Crippen LogP contribution in [0.5, 0.6) is 11.5 Å². The first-order valence-electron chi connectivity index (χ1n) is 7.76. The molecule has 1 aliphatic heterocycles. The lowest BCUT2D eigenvalue weighted by Crippen LogP contribution is -2.38. The third-order valence-corrected chi connectivity index (χ3v) is 5.20. The van der Waals surface area contributed by atoms with Crippen molar-refractivity contribution >= 4 is 33.2 Å². The van der Waals surface area contributed by atoms with Crippen LogP contribution in [0, 0.1) is 0 Å². The number of hydrogen-bond acceptors (Lipinski definition) is 5. The Bertz CT molecular complexity index is 915. The Labute approximate surface area is 156 Å². The number of hydrogen-bond donors (Lipinski definition) is 1. The molecule has 3 rings (SSSR count). The highest BCUT2D eigenvalue weighted by atomic mass is 35.5. The molecule has 0 spiro atoms. The summed E-state index contributed by atoms with van der Waals surface area (Å²) in [6.07, 6.45) is 1.11. The number of anilines is 1. The summed E-state index contributed by atoms with van der Waals surface area (Å²) in [7, 11) is -3.54. The topological polar surface area (TPSA) is 84.9 Å². The first-order valence-corrected chi connectivity index (χ1v) is 9.98. The van der Waals surface area contributed by atoms with Crippen molar-refractivity contribution in [3.8, 4) is 11.5 Å². The Hall–Kier alpha value is -2.45. The molecule has 0 fully saturated rings. The average molecular weight is 397 g/mol. The van der Waals surface area contributed by atoms with Gasteiger partial charge in [0.1, 0.15) is 0 Å². The highest BCUT2D eigenvalue weighted by Gasteiger charge is 2.21. The van der Waals surface area contributed by atoms with Crippen molar-refractivity contribution in [1.29, 1.82) is 0 Å². The molecule has 138 valence electrons. The summed E-state index contributed by atoms with van der Waals surface area (Å²) in [5.41, 5.74) is 0.890. The van der Waals surface area contributed by atoms with Crippen molar-refractivity contribution in [3.05, 3.63) is 53.1 Å². The van der Waals surface area contributed by atoms with Crippen LogP contribution in [-0.2, 0) is 10.0 Å².